The van der Waals surface area contributed by atoms with Crippen molar-refractivity contribution in [3.8, 4) is 11.4 Å². The van der Waals surface area contributed by atoms with Crippen molar-refractivity contribution in [3.63, 3.8) is 0 Å². The van der Waals surface area contributed by atoms with Crippen LogP contribution in [0.1, 0.15) is 0 Å². The van der Waals surface area contributed by atoms with Gasteiger partial charge in [0.05, 0.1) is 5.02 Å². The molecular weight excluding hydrogens is 283 g/mol. The highest BCUT2D eigenvalue weighted by molar-refractivity contribution is 7.89. The van der Waals surface area contributed by atoms with Crippen LogP contribution in [0.3, 0.4) is 0 Å². The van der Waals surface area contributed by atoms with E-state index in [9.17, 15) is 12.8 Å². The lowest BCUT2D eigenvalue weighted by atomic mass is 10.2. The highest BCUT2D eigenvalue weighted by atomic mass is 35.5. The third-order valence-electron chi connectivity index (χ3n) is 2.27. The van der Waals surface area contributed by atoms with E-state index in [0.29, 0.717) is 5.56 Å². The Kier molecular flexibility index (Phi) is 3.09. The third kappa shape index (κ3) is 2.22. The maximum Gasteiger partial charge on any atom is 0.273 e. The van der Waals surface area contributed by atoms with Crippen molar-refractivity contribution in [3.05, 3.63) is 29.0 Å². The van der Waals surface area contributed by atoms with Crippen molar-refractivity contribution >= 4 is 21.6 Å². The minimum Gasteiger partial charge on any atom is -0.300 e. The van der Waals surface area contributed by atoms with Crippen molar-refractivity contribution < 1.29 is 12.8 Å². The van der Waals surface area contributed by atoms with Crippen LogP contribution in [0.5, 0.6) is 0 Å². The first kappa shape index (κ1) is 12.9. The molecule has 18 heavy (non-hydrogen) atoms. The van der Waals surface area contributed by atoms with E-state index in [1.165, 1.54) is 23.7 Å². The number of primary sulfonamides is 1. The second-order valence-corrected chi connectivity index (χ2v) is 5.40. The molecule has 0 saturated heterocycles. The monoisotopic (exact) mass is 290 g/mol. The van der Waals surface area contributed by atoms with Crippen molar-refractivity contribution in [2.75, 3.05) is 0 Å². The Morgan fingerprint density at radius 1 is 1.39 bits per heavy atom. The minimum absolute atomic E-state index is 0.0901. The zero-order valence-corrected chi connectivity index (χ0v) is 10.7. The Bertz CT molecular complexity index is 713. The fourth-order valence-corrected chi connectivity index (χ4v) is 2.25. The van der Waals surface area contributed by atoms with Gasteiger partial charge in [-0.1, -0.05) is 11.6 Å². The molecule has 9 heteroatoms. The van der Waals surface area contributed by atoms with E-state index in [1.807, 2.05) is 0 Å². The molecule has 0 bridgehead atoms. The third-order valence-corrected chi connectivity index (χ3v) is 3.42. The van der Waals surface area contributed by atoms with Gasteiger partial charge in [0.25, 0.3) is 15.2 Å². The van der Waals surface area contributed by atoms with Crippen LogP contribution in [-0.4, -0.2) is 23.2 Å². The number of hydrogen-bond acceptors (Lipinski definition) is 4. The van der Waals surface area contributed by atoms with Gasteiger partial charge < -0.3 is 0 Å². The Balaban J connectivity index is 2.59. The van der Waals surface area contributed by atoms with Gasteiger partial charge in [-0.25, -0.2) is 17.9 Å². The van der Waals surface area contributed by atoms with Gasteiger partial charge in [0.15, 0.2) is 5.82 Å². The first-order chi connectivity index (χ1) is 8.30. The van der Waals surface area contributed by atoms with Crippen molar-refractivity contribution in [1.82, 2.24) is 14.8 Å². The molecule has 0 aliphatic rings. The molecular formula is C9H8ClFN4O2S. The van der Waals surface area contributed by atoms with Crippen LogP contribution in [-0.2, 0) is 17.1 Å². The van der Waals surface area contributed by atoms with Crippen LogP contribution in [0, 0.1) is 5.82 Å². The molecule has 0 atom stereocenters. The standard InChI is InChI=1S/C9H8ClFN4O2S/c1-15-8(13-14-9(15)18(12,16)17)5-2-3-7(11)6(10)4-5/h2-4H,1H3,(H2,12,16,17). The van der Waals surface area contributed by atoms with Crippen LogP contribution in [0.4, 0.5) is 4.39 Å². The summed E-state index contributed by atoms with van der Waals surface area (Å²) in [6.07, 6.45) is 0. The minimum atomic E-state index is -3.96. The summed E-state index contributed by atoms with van der Waals surface area (Å²) in [5, 5.41) is 11.7. The van der Waals surface area contributed by atoms with Gasteiger partial charge in [-0.05, 0) is 18.2 Å². The highest BCUT2D eigenvalue weighted by Crippen LogP contribution is 2.24. The Morgan fingerprint density at radius 2 is 2.06 bits per heavy atom. The topological polar surface area (TPSA) is 90.9 Å². The van der Waals surface area contributed by atoms with E-state index in [4.69, 9.17) is 16.7 Å². The predicted octanol–water partition coefficient (Wildman–Crippen LogP) is 0.922. The summed E-state index contributed by atoms with van der Waals surface area (Å²) >= 11 is 5.64. The molecule has 1 aromatic carbocycles. The van der Waals surface area contributed by atoms with Gasteiger partial charge in [-0.15, -0.1) is 10.2 Å². The predicted molar refractivity (Wildman–Crippen MR) is 62.8 cm³/mol. The maximum absolute atomic E-state index is 13.0. The first-order valence-corrected chi connectivity index (χ1v) is 6.61. The Labute approximate surface area is 107 Å². The van der Waals surface area contributed by atoms with Gasteiger partial charge in [0.1, 0.15) is 5.82 Å². The highest BCUT2D eigenvalue weighted by Gasteiger charge is 2.19. The molecule has 0 fully saturated rings. The fourth-order valence-electron chi connectivity index (χ4n) is 1.45. The molecule has 2 rings (SSSR count). The van der Waals surface area contributed by atoms with E-state index in [1.54, 1.807) is 0 Å². The fraction of sp³-hybridized carbons (Fsp3) is 0.111. The zero-order valence-electron chi connectivity index (χ0n) is 9.13. The number of benzene rings is 1. The van der Waals surface area contributed by atoms with Crippen molar-refractivity contribution in [1.29, 1.82) is 0 Å². The van der Waals surface area contributed by atoms with Gasteiger partial charge in [0, 0.05) is 12.6 Å². The van der Waals surface area contributed by atoms with Crippen LogP contribution in [0.25, 0.3) is 11.4 Å². The molecule has 0 amide bonds. The summed E-state index contributed by atoms with van der Waals surface area (Å²) in [4.78, 5) is 0. The maximum atomic E-state index is 13.0. The summed E-state index contributed by atoms with van der Waals surface area (Å²) in [5.41, 5.74) is 0.436. The summed E-state index contributed by atoms with van der Waals surface area (Å²) in [7, 11) is -2.52. The molecule has 0 aliphatic carbocycles. The van der Waals surface area contributed by atoms with Crippen LogP contribution in [0.15, 0.2) is 23.4 Å². The molecule has 0 spiro atoms. The molecule has 2 N–H and O–H groups in total. The zero-order chi connectivity index (χ0) is 13.5. The second kappa shape index (κ2) is 4.30. The van der Waals surface area contributed by atoms with Gasteiger partial charge >= 0.3 is 0 Å². The number of hydrogen-bond donors (Lipinski definition) is 1. The molecule has 2 aromatic rings. The van der Waals surface area contributed by atoms with Crippen LogP contribution in [0.2, 0.25) is 5.02 Å². The lowest BCUT2D eigenvalue weighted by molar-refractivity contribution is 0.580. The van der Waals surface area contributed by atoms with E-state index >= 15 is 0 Å². The largest absolute Gasteiger partial charge is 0.300 e. The number of nitrogens with two attached hydrogens (primary N) is 1. The molecule has 1 heterocycles. The molecule has 96 valence electrons. The van der Waals surface area contributed by atoms with Gasteiger partial charge in [-0.2, -0.15) is 0 Å². The molecule has 0 unspecified atom stereocenters. The molecule has 6 nitrogen and oxygen atoms in total. The summed E-state index contributed by atoms with van der Waals surface area (Å²) in [5.74, 6) is -0.352. The quantitative estimate of drug-likeness (QED) is 0.890. The van der Waals surface area contributed by atoms with Gasteiger partial charge in [0.2, 0.25) is 0 Å². The van der Waals surface area contributed by atoms with Crippen LogP contribution < -0.4 is 5.14 Å². The number of rotatable bonds is 2. The van der Waals surface area contributed by atoms with E-state index in [-0.39, 0.29) is 16.0 Å². The SMILES string of the molecule is Cn1c(-c2ccc(F)c(Cl)c2)nnc1S(N)(=O)=O. The average molecular weight is 291 g/mol. The van der Waals surface area contributed by atoms with E-state index in [0.717, 1.165) is 6.07 Å². The second-order valence-electron chi connectivity index (χ2n) is 3.54. The normalized spacial score (nSPS) is 11.8. The average Bonchev–Trinajstić information content (AvgIpc) is 2.64. The number of nitrogens with zero attached hydrogens (tertiary/aromatic N) is 3. The van der Waals surface area contributed by atoms with Crippen molar-refractivity contribution in [2.24, 2.45) is 12.2 Å². The first-order valence-electron chi connectivity index (χ1n) is 4.68. The lowest BCUT2D eigenvalue weighted by Crippen LogP contribution is -2.17. The summed E-state index contributed by atoms with van der Waals surface area (Å²) < 4.78 is 36.6. The molecule has 0 aliphatic heterocycles. The Hall–Kier alpha value is -1.51. The lowest BCUT2D eigenvalue weighted by Gasteiger charge is -2.03. The molecule has 1 aromatic heterocycles. The Morgan fingerprint density at radius 3 is 2.56 bits per heavy atom. The molecule has 0 saturated carbocycles. The van der Waals surface area contributed by atoms with Gasteiger partial charge in [-0.3, -0.25) is 4.57 Å². The van der Waals surface area contributed by atoms with E-state index < -0.39 is 15.8 Å². The molecule has 0 radical (unpaired) electrons. The van der Waals surface area contributed by atoms with Crippen molar-refractivity contribution in [2.45, 2.75) is 5.16 Å². The van der Waals surface area contributed by atoms with E-state index in [2.05, 4.69) is 10.2 Å². The van der Waals surface area contributed by atoms with Crippen LogP contribution >= 0.6 is 11.6 Å². The summed E-state index contributed by atoms with van der Waals surface area (Å²) in [6, 6.07) is 3.90. The smallest absolute Gasteiger partial charge is 0.273 e. The number of aromatic nitrogens is 3. The number of halogens is 2. The summed E-state index contributed by atoms with van der Waals surface area (Å²) in [6.45, 7) is 0. The number of sulfonamides is 1.